The molecule has 7 heteroatoms. The zero-order valence-electron chi connectivity index (χ0n) is 10.0. The van der Waals surface area contributed by atoms with Gasteiger partial charge in [-0.1, -0.05) is 24.7 Å². The van der Waals surface area contributed by atoms with Crippen LogP contribution in [0.15, 0.2) is 0 Å². The van der Waals surface area contributed by atoms with Crippen LogP contribution in [0, 0.1) is 11.8 Å². The maximum atomic E-state index is 12.0. The summed E-state index contributed by atoms with van der Waals surface area (Å²) in [6.07, 6.45) is 2.76. The molecule has 0 bridgehead atoms. The number of aromatic nitrogens is 2. The van der Waals surface area contributed by atoms with Crippen LogP contribution >= 0.6 is 11.3 Å². The number of carbonyl (C=O) groups excluding carboxylic acids is 1. The summed E-state index contributed by atoms with van der Waals surface area (Å²) in [5.41, 5.74) is 0. The van der Waals surface area contributed by atoms with E-state index in [0.29, 0.717) is 18.0 Å². The third-order valence-corrected chi connectivity index (χ3v) is 4.15. The zero-order chi connectivity index (χ0) is 13.1. The number of carboxylic acids is 1. The number of amides is 1. The zero-order valence-corrected chi connectivity index (χ0v) is 10.9. The third kappa shape index (κ3) is 2.66. The first-order valence-corrected chi connectivity index (χ1v) is 6.79. The Morgan fingerprint density at radius 3 is 2.72 bits per heavy atom. The highest BCUT2D eigenvalue weighted by molar-refractivity contribution is 7.15. The van der Waals surface area contributed by atoms with E-state index in [1.165, 1.54) is 11.3 Å². The summed E-state index contributed by atoms with van der Waals surface area (Å²) in [7, 11) is 0. The SMILES string of the molecule is CCc1nnc(NC(=O)[C@@H]2CCC[C@@H]2C(=O)O)s1. The van der Waals surface area contributed by atoms with Crippen molar-refractivity contribution in [3.63, 3.8) is 0 Å². The van der Waals surface area contributed by atoms with Crippen LogP contribution in [0.25, 0.3) is 0 Å². The minimum absolute atomic E-state index is 0.251. The Kier molecular flexibility index (Phi) is 3.90. The highest BCUT2D eigenvalue weighted by Gasteiger charge is 2.37. The van der Waals surface area contributed by atoms with Crippen molar-refractivity contribution in [2.24, 2.45) is 11.8 Å². The predicted octanol–water partition coefficient (Wildman–Crippen LogP) is 1.54. The summed E-state index contributed by atoms with van der Waals surface area (Å²) in [4.78, 5) is 23.0. The van der Waals surface area contributed by atoms with Gasteiger partial charge in [0.05, 0.1) is 11.8 Å². The van der Waals surface area contributed by atoms with Crippen molar-refractivity contribution >= 4 is 28.3 Å². The number of nitrogens with zero attached hydrogens (tertiary/aromatic N) is 2. The van der Waals surface area contributed by atoms with Gasteiger partial charge in [0.15, 0.2) is 0 Å². The maximum absolute atomic E-state index is 12.0. The second kappa shape index (κ2) is 5.43. The quantitative estimate of drug-likeness (QED) is 0.865. The molecule has 6 nitrogen and oxygen atoms in total. The van der Waals surface area contributed by atoms with E-state index in [9.17, 15) is 9.59 Å². The highest BCUT2D eigenvalue weighted by atomic mass is 32.1. The summed E-state index contributed by atoms with van der Waals surface area (Å²) in [5, 5.41) is 20.8. The van der Waals surface area contributed by atoms with Gasteiger partial charge in [0.1, 0.15) is 5.01 Å². The third-order valence-electron chi connectivity index (χ3n) is 3.17. The van der Waals surface area contributed by atoms with E-state index in [-0.39, 0.29) is 5.91 Å². The first-order valence-electron chi connectivity index (χ1n) is 5.98. The van der Waals surface area contributed by atoms with Gasteiger partial charge in [-0.25, -0.2) is 0 Å². The van der Waals surface area contributed by atoms with Crippen LogP contribution in [0.1, 0.15) is 31.2 Å². The van der Waals surface area contributed by atoms with Crippen molar-refractivity contribution in [1.82, 2.24) is 10.2 Å². The average molecular weight is 269 g/mol. The molecule has 1 aromatic heterocycles. The molecular formula is C11H15N3O3S. The lowest BCUT2D eigenvalue weighted by molar-refractivity contribution is -0.145. The maximum Gasteiger partial charge on any atom is 0.307 e. The summed E-state index contributed by atoms with van der Waals surface area (Å²) < 4.78 is 0. The van der Waals surface area contributed by atoms with Gasteiger partial charge in [0.2, 0.25) is 11.0 Å². The van der Waals surface area contributed by atoms with Gasteiger partial charge in [-0.3, -0.25) is 9.59 Å². The molecular weight excluding hydrogens is 254 g/mol. The number of anilines is 1. The molecule has 98 valence electrons. The van der Waals surface area contributed by atoms with Crippen molar-refractivity contribution in [2.45, 2.75) is 32.6 Å². The van der Waals surface area contributed by atoms with E-state index in [4.69, 9.17) is 5.11 Å². The molecule has 1 heterocycles. The minimum atomic E-state index is -0.890. The number of rotatable bonds is 4. The van der Waals surface area contributed by atoms with E-state index in [0.717, 1.165) is 17.8 Å². The lowest BCUT2D eigenvalue weighted by atomic mass is 9.95. The van der Waals surface area contributed by atoms with Crippen LogP contribution in [0.2, 0.25) is 0 Å². The fraction of sp³-hybridized carbons (Fsp3) is 0.636. The van der Waals surface area contributed by atoms with Gasteiger partial charge in [-0.05, 0) is 19.3 Å². The molecule has 0 aliphatic heterocycles. The lowest BCUT2D eigenvalue weighted by Gasteiger charge is -2.13. The van der Waals surface area contributed by atoms with E-state index < -0.39 is 17.8 Å². The topological polar surface area (TPSA) is 92.2 Å². The minimum Gasteiger partial charge on any atom is -0.481 e. The van der Waals surface area contributed by atoms with Crippen LogP contribution in [0.3, 0.4) is 0 Å². The number of nitrogens with one attached hydrogen (secondary N) is 1. The molecule has 1 fully saturated rings. The first kappa shape index (κ1) is 12.9. The highest BCUT2D eigenvalue weighted by Crippen LogP contribution is 2.33. The smallest absolute Gasteiger partial charge is 0.307 e. The summed E-state index contributed by atoms with van der Waals surface area (Å²) >= 11 is 1.33. The second-order valence-corrected chi connectivity index (χ2v) is 5.39. The predicted molar refractivity (Wildman–Crippen MR) is 66.4 cm³/mol. The summed E-state index contributed by atoms with van der Waals surface area (Å²) in [6, 6.07) is 0. The van der Waals surface area contributed by atoms with Gasteiger partial charge in [-0.15, -0.1) is 10.2 Å². The monoisotopic (exact) mass is 269 g/mol. The summed E-state index contributed by atoms with van der Waals surface area (Å²) in [6.45, 7) is 1.96. The number of hydrogen-bond acceptors (Lipinski definition) is 5. The standard InChI is InChI=1S/C11H15N3O3S/c1-2-8-13-14-11(18-8)12-9(15)6-4-3-5-7(6)10(16)17/h6-7H,2-5H2,1H3,(H,16,17)(H,12,14,15)/t6-,7+/m1/s1. The van der Waals surface area contributed by atoms with Crippen molar-refractivity contribution in [3.8, 4) is 0 Å². The lowest BCUT2D eigenvalue weighted by Crippen LogP contribution is -2.29. The Morgan fingerprint density at radius 1 is 1.39 bits per heavy atom. The molecule has 2 N–H and O–H groups in total. The molecule has 18 heavy (non-hydrogen) atoms. The fourth-order valence-corrected chi connectivity index (χ4v) is 2.90. The van der Waals surface area contributed by atoms with Crippen LogP contribution in [-0.2, 0) is 16.0 Å². The molecule has 0 radical (unpaired) electrons. The second-order valence-electron chi connectivity index (χ2n) is 4.33. The number of hydrogen-bond donors (Lipinski definition) is 2. The van der Waals surface area contributed by atoms with E-state index in [1.807, 2.05) is 6.92 Å². The van der Waals surface area contributed by atoms with Crippen LogP contribution in [-0.4, -0.2) is 27.2 Å². The molecule has 1 aliphatic rings. The van der Waals surface area contributed by atoms with Gasteiger partial charge < -0.3 is 10.4 Å². The Hall–Kier alpha value is -1.50. The van der Waals surface area contributed by atoms with Gasteiger partial charge >= 0.3 is 5.97 Å². The van der Waals surface area contributed by atoms with Crippen molar-refractivity contribution in [1.29, 1.82) is 0 Å². The van der Waals surface area contributed by atoms with Crippen LogP contribution in [0.5, 0.6) is 0 Å². The molecule has 1 saturated carbocycles. The van der Waals surface area contributed by atoms with E-state index in [2.05, 4.69) is 15.5 Å². The molecule has 0 unspecified atom stereocenters. The van der Waals surface area contributed by atoms with Gasteiger partial charge in [0, 0.05) is 0 Å². The fourth-order valence-electron chi connectivity index (χ4n) is 2.21. The molecule has 2 rings (SSSR count). The van der Waals surface area contributed by atoms with Gasteiger partial charge in [0.25, 0.3) is 0 Å². The molecule has 0 aromatic carbocycles. The van der Waals surface area contributed by atoms with E-state index in [1.54, 1.807) is 0 Å². The largest absolute Gasteiger partial charge is 0.481 e. The summed E-state index contributed by atoms with van der Waals surface area (Å²) in [5.74, 6) is -2.15. The number of aryl methyl sites for hydroxylation is 1. The van der Waals surface area contributed by atoms with Crippen LogP contribution in [0.4, 0.5) is 5.13 Å². The molecule has 2 atom stereocenters. The Morgan fingerprint density at radius 2 is 2.11 bits per heavy atom. The first-order chi connectivity index (χ1) is 8.61. The van der Waals surface area contributed by atoms with Crippen molar-refractivity contribution in [2.75, 3.05) is 5.32 Å². The van der Waals surface area contributed by atoms with Crippen LogP contribution < -0.4 is 5.32 Å². The number of carbonyl (C=O) groups is 2. The average Bonchev–Trinajstić information content (AvgIpc) is 2.96. The van der Waals surface area contributed by atoms with Gasteiger partial charge in [-0.2, -0.15) is 0 Å². The number of carboxylic acid groups (broad SMARTS) is 1. The molecule has 1 amide bonds. The Labute approximate surface area is 108 Å². The van der Waals surface area contributed by atoms with E-state index >= 15 is 0 Å². The molecule has 1 aromatic rings. The van der Waals surface area contributed by atoms with Crippen molar-refractivity contribution in [3.05, 3.63) is 5.01 Å². The van der Waals surface area contributed by atoms with Crippen molar-refractivity contribution < 1.29 is 14.7 Å². The Bertz CT molecular complexity index is 460. The molecule has 0 spiro atoms. The molecule has 0 saturated heterocycles. The number of aliphatic carboxylic acids is 1. The normalized spacial score (nSPS) is 22.9. The Balaban J connectivity index is 2.01. The molecule has 1 aliphatic carbocycles.